The third kappa shape index (κ3) is 4.21. The molecule has 4 nitrogen and oxygen atoms in total. The number of carbonyl (C=O) groups is 2. The normalized spacial score (nSPS) is 18.0. The second kappa shape index (κ2) is 6.94. The minimum absolute atomic E-state index is 0.0715. The summed E-state index contributed by atoms with van der Waals surface area (Å²) in [5.74, 6) is 0.741. The summed E-state index contributed by atoms with van der Waals surface area (Å²) in [6.45, 7) is 4.27. The largest absolute Gasteiger partial charge is 0.494 e. The molecule has 21 heavy (non-hydrogen) atoms. The first-order valence-corrected chi connectivity index (χ1v) is 7.58. The van der Waals surface area contributed by atoms with Crippen molar-refractivity contribution in [2.24, 2.45) is 5.92 Å². The molecule has 1 aromatic rings. The van der Waals surface area contributed by atoms with E-state index in [1.165, 1.54) is 4.90 Å². The molecule has 114 valence electrons. The van der Waals surface area contributed by atoms with Gasteiger partial charge < -0.3 is 4.74 Å². The van der Waals surface area contributed by atoms with Gasteiger partial charge >= 0.3 is 0 Å². The molecule has 0 spiro atoms. The zero-order chi connectivity index (χ0) is 15.4. The highest BCUT2D eigenvalue weighted by Crippen LogP contribution is 2.22. The SMILES string of the molecule is CC1CC(=O)N([C@H](C)CCOc2ccc(Cl)cc2)C(=O)C1. The quantitative estimate of drug-likeness (QED) is 0.784. The van der Waals surface area contributed by atoms with Crippen molar-refractivity contribution < 1.29 is 14.3 Å². The summed E-state index contributed by atoms with van der Waals surface area (Å²) in [5.41, 5.74) is 0. The molecule has 1 heterocycles. The fraction of sp³-hybridized carbons (Fsp3) is 0.500. The first-order chi connectivity index (χ1) is 9.97. The van der Waals surface area contributed by atoms with Gasteiger partial charge in [-0.25, -0.2) is 0 Å². The Morgan fingerprint density at radius 3 is 2.38 bits per heavy atom. The number of rotatable bonds is 5. The highest BCUT2D eigenvalue weighted by molar-refractivity contribution is 6.30. The molecule has 1 fully saturated rings. The Morgan fingerprint density at radius 2 is 1.81 bits per heavy atom. The van der Waals surface area contributed by atoms with E-state index in [0.717, 1.165) is 5.75 Å². The van der Waals surface area contributed by atoms with Gasteiger partial charge in [0.15, 0.2) is 0 Å². The van der Waals surface area contributed by atoms with Gasteiger partial charge in [0.25, 0.3) is 0 Å². The third-order valence-electron chi connectivity index (χ3n) is 3.64. The number of hydrogen-bond donors (Lipinski definition) is 0. The Bertz CT molecular complexity index is 497. The topological polar surface area (TPSA) is 46.6 Å². The number of amides is 2. The Balaban J connectivity index is 1.84. The van der Waals surface area contributed by atoms with Gasteiger partial charge in [-0.15, -0.1) is 0 Å². The Labute approximate surface area is 130 Å². The van der Waals surface area contributed by atoms with Crippen LogP contribution in [0.3, 0.4) is 0 Å². The van der Waals surface area contributed by atoms with Gasteiger partial charge in [0, 0.05) is 30.3 Å². The Kier molecular flexibility index (Phi) is 5.23. The lowest BCUT2D eigenvalue weighted by atomic mass is 9.96. The predicted octanol–water partition coefficient (Wildman–Crippen LogP) is 3.28. The first kappa shape index (κ1) is 15.8. The monoisotopic (exact) mass is 309 g/mol. The van der Waals surface area contributed by atoms with Gasteiger partial charge in [-0.05, 0) is 37.1 Å². The number of ether oxygens (including phenoxy) is 1. The minimum atomic E-state index is -0.134. The van der Waals surface area contributed by atoms with Gasteiger partial charge in [0.1, 0.15) is 5.75 Å². The molecule has 1 atom stereocenters. The van der Waals surface area contributed by atoms with Crippen LogP contribution < -0.4 is 4.74 Å². The maximum absolute atomic E-state index is 12.0. The van der Waals surface area contributed by atoms with Crippen LogP contribution >= 0.6 is 11.6 Å². The van der Waals surface area contributed by atoms with Gasteiger partial charge in [-0.1, -0.05) is 18.5 Å². The fourth-order valence-corrected chi connectivity index (χ4v) is 2.63. The number of nitrogens with zero attached hydrogens (tertiary/aromatic N) is 1. The Morgan fingerprint density at radius 1 is 1.24 bits per heavy atom. The van der Waals surface area contributed by atoms with Crippen LogP contribution in [-0.4, -0.2) is 29.4 Å². The minimum Gasteiger partial charge on any atom is -0.494 e. The van der Waals surface area contributed by atoms with Crippen LogP contribution in [0.5, 0.6) is 5.75 Å². The second-order valence-electron chi connectivity index (χ2n) is 5.61. The molecule has 1 aromatic carbocycles. The van der Waals surface area contributed by atoms with Crippen LogP contribution in [0.2, 0.25) is 5.02 Å². The van der Waals surface area contributed by atoms with Crippen molar-refractivity contribution in [1.29, 1.82) is 0 Å². The molecule has 1 aliphatic heterocycles. The molecular formula is C16H20ClNO3. The summed E-state index contributed by atoms with van der Waals surface area (Å²) in [4.78, 5) is 25.3. The predicted molar refractivity (Wildman–Crippen MR) is 81.3 cm³/mol. The van der Waals surface area contributed by atoms with Crippen molar-refractivity contribution >= 4 is 23.4 Å². The molecule has 1 saturated heterocycles. The lowest BCUT2D eigenvalue weighted by molar-refractivity contribution is -0.152. The van der Waals surface area contributed by atoms with Gasteiger partial charge in [0.05, 0.1) is 6.61 Å². The average Bonchev–Trinajstić information content (AvgIpc) is 2.40. The van der Waals surface area contributed by atoms with Gasteiger partial charge in [-0.3, -0.25) is 14.5 Å². The lowest BCUT2D eigenvalue weighted by Crippen LogP contribution is -2.48. The summed E-state index contributed by atoms with van der Waals surface area (Å²) in [6.07, 6.45) is 1.52. The third-order valence-corrected chi connectivity index (χ3v) is 3.89. The van der Waals surface area contributed by atoms with E-state index < -0.39 is 0 Å². The van der Waals surface area contributed by atoms with Crippen LogP contribution in [0.25, 0.3) is 0 Å². The smallest absolute Gasteiger partial charge is 0.229 e. The number of halogens is 1. The highest BCUT2D eigenvalue weighted by atomic mass is 35.5. The van der Waals surface area contributed by atoms with E-state index in [4.69, 9.17) is 16.3 Å². The van der Waals surface area contributed by atoms with E-state index in [-0.39, 0.29) is 23.8 Å². The summed E-state index contributed by atoms with van der Waals surface area (Å²) >= 11 is 5.80. The first-order valence-electron chi connectivity index (χ1n) is 7.20. The molecule has 2 rings (SSSR count). The fourth-order valence-electron chi connectivity index (χ4n) is 2.50. The summed E-state index contributed by atoms with van der Waals surface area (Å²) < 4.78 is 5.61. The van der Waals surface area contributed by atoms with E-state index in [1.54, 1.807) is 24.3 Å². The van der Waals surface area contributed by atoms with Crippen LogP contribution in [-0.2, 0) is 9.59 Å². The molecule has 1 aliphatic rings. The maximum atomic E-state index is 12.0. The number of likely N-dealkylation sites (tertiary alicyclic amines) is 1. The summed E-state index contributed by atoms with van der Waals surface area (Å²) in [6, 6.07) is 6.99. The zero-order valence-electron chi connectivity index (χ0n) is 12.3. The maximum Gasteiger partial charge on any atom is 0.229 e. The molecule has 0 aromatic heterocycles. The highest BCUT2D eigenvalue weighted by Gasteiger charge is 2.33. The van der Waals surface area contributed by atoms with E-state index in [1.807, 2.05) is 13.8 Å². The number of piperidine rings is 1. The average molecular weight is 310 g/mol. The van der Waals surface area contributed by atoms with E-state index in [9.17, 15) is 9.59 Å². The van der Waals surface area contributed by atoms with Crippen LogP contribution in [0.1, 0.15) is 33.1 Å². The molecule has 0 unspecified atom stereocenters. The molecule has 0 bridgehead atoms. The summed E-state index contributed by atoms with van der Waals surface area (Å²) in [7, 11) is 0. The van der Waals surface area contributed by atoms with Crippen molar-refractivity contribution in [3.8, 4) is 5.75 Å². The van der Waals surface area contributed by atoms with Crippen molar-refractivity contribution in [1.82, 2.24) is 4.90 Å². The van der Waals surface area contributed by atoms with Crippen LogP contribution in [0, 0.1) is 5.92 Å². The van der Waals surface area contributed by atoms with Crippen LogP contribution in [0.15, 0.2) is 24.3 Å². The van der Waals surface area contributed by atoms with E-state index in [2.05, 4.69) is 0 Å². The van der Waals surface area contributed by atoms with Crippen LogP contribution in [0.4, 0.5) is 0 Å². The number of benzene rings is 1. The molecule has 0 N–H and O–H groups in total. The molecule has 0 aliphatic carbocycles. The lowest BCUT2D eigenvalue weighted by Gasteiger charge is -2.33. The number of carbonyl (C=O) groups excluding carboxylic acids is 2. The standard InChI is InChI=1S/C16H20ClNO3/c1-11-9-15(19)18(16(20)10-11)12(2)7-8-21-14-5-3-13(17)4-6-14/h3-6,11-12H,7-10H2,1-2H3/t12-/m1/s1. The Hall–Kier alpha value is -1.55. The van der Waals surface area contributed by atoms with Crippen molar-refractivity contribution in [3.05, 3.63) is 29.3 Å². The van der Waals surface area contributed by atoms with Gasteiger partial charge in [-0.2, -0.15) is 0 Å². The molecule has 2 amide bonds. The molecular weight excluding hydrogens is 290 g/mol. The van der Waals surface area contributed by atoms with Crippen molar-refractivity contribution in [2.75, 3.05) is 6.61 Å². The number of imide groups is 1. The molecule has 0 saturated carbocycles. The number of hydrogen-bond acceptors (Lipinski definition) is 3. The van der Waals surface area contributed by atoms with Gasteiger partial charge in [0.2, 0.25) is 11.8 Å². The molecule has 5 heteroatoms. The summed E-state index contributed by atoms with van der Waals surface area (Å²) in [5, 5.41) is 0.661. The second-order valence-corrected chi connectivity index (χ2v) is 6.05. The van der Waals surface area contributed by atoms with Crippen molar-refractivity contribution in [3.63, 3.8) is 0 Å². The zero-order valence-corrected chi connectivity index (χ0v) is 13.1. The van der Waals surface area contributed by atoms with E-state index >= 15 is 0 Å². The molecule has 0 radical (unpaired) electrons. The van der Waals surface area contributed by atoms with E-state index in [0.29, 0.717) is 30.9 Å². The van der Waals surface area contributed by atoms with Crippen molar-refractivity contribution in [2.45, 2.75) is 39.2 Å².